The Labute approximate surface area is 174 Å². The lowest BCUT2D eigenvalue weighted by Crippen LogP contribution is -2.44. The van der Waals surface area contributed by atoms with E-state index in [0.717, 1.165) is 37.4 Å². The van der Waals surface area contributed by atoms with Crippen LogP contribution in [0.25, 0.3) is 28.2 Å². The first-order chi connectivity index (χ1) is 14.6. The van der Waals surface area contributed by atoms with Crippen molar-refractivity contribution in [1.29, 1.82) is 0 Å². The number of anilines is 1. The van der Waals surface area contributed by atoms with Gasteiger partial charge in [0.15, 0.2) is 11.5 Å². The maximum Gasteiger partial charge on any atom is 0.164 e. The van der Waals surface area contributed by atoms with Gasteiger partial charge in [-0.25, -0.2) is 9.97 Å². The van der Waals surface area contributed by atoms with Gasteiger partial charge in [0, 0.05) is 49.8 Å². The fraction of sp³-hybridized carbons (Fsp3) is 0.217. The van der Waals surface area contributed by atoms with Gasteiger partial charge in [0.05, 0.1) is 5.56 Å². The van der Waals surface area contributed by atoms with Gasteiger partial charge >= 0.3 is 0 Å². The lowest BCUT2D eigenvalue weighted by Gasteiger charge is -2.34. The predicted molar refractivity (Wildman–Crippen MR) is 117 cm³/mol. The molecular weight excluding hydrogens is 378 g/mol. The summed E-state index contributed by atoms with van der Waals surface area (Å²) < 4.78 is 1.94. The molecule has 7 nitrogen and oxygen atoms in total. The topological polar surface area (TPSA) is 77.7 Å². The first-order valence-electron chi connectivity index (χ1n) is 10.00. The molecule has 0 amide bonds. The van der Waals surface area contributed by atoms with Gasteiger partial charge < -0.3 is 20.0 Å². The van der Waals surface area contributed by atoms with Crippen molar-refractivity contribution in [2.24, 2.45) is 0 Å². The van der Waals surface area contributed by atoms with Gasteiger partial charge in [-0.15, -0.1) is 0 Å². The number of aromatic hydroxyl groups is 2. The number of hydrogen-bond acceptors (Lipinski definition) is 6. The first-order valence-corrected chi connectivity index (χ1v) is 10.00. The summed E-state index contributed by atoms with van der Waals surface area (Å²) in [5.74, 6) is 0.558. The van der Waals surface area contributed by atoms with E-state index in [2.05, 4.69) is 46.1 Å². The van der Waals surface area contributed by atoms with Crippen LogP contribution in [0.4, 0.5) is 5.69 Å². The Morgan fingerprint density at radius 3 is 2.33 bits per heavy atom. The molecule has 30 heavy (non-hydrogen) atoms. The number of fused-ring (bicyclic) bond motifs is 1. The van der Waals surface area contributed by atoms with Gasteiger partial charge in [-0.1, -0.05) is 0 Å². The molecule has 0 aliphatic carbocycles. The molecule has 0 spiro atoms. The third kappa shape index (κ3) is 3.23. The van der Waals surface area contributed by atoms with E-state index < -0.39 is 0 Å². The van der Waals surface area contributed by atoms with E-state index in [1.54, 1.807) is 18.3 Å². The van der Waals surface area contributed by atoms with Crippen molar-refractivity contribution in [3.63, 3.8) is 0 Å². The molecule has 3 heterocycles. The molecule has 0 unspecified atom stereocenters. The molecule has 0 bridgehead atoms. The first kappa shape index (κ1) is 18.4. The number of likely N-dealkylation sites (N-methyl/N-ethyl adjacent to an activating group) is 1. The highest BCUT2D eigenvalue weighted by molar-refractivity contribution is 5.81. The second-order valence-corrected chi connectivity index (χ2v) is 7.63. The highest BCUT2D eigenvalue weighted by atomic mass is 16.3. The SMILES string of the molecule is CN1CCN(c2ccc(-n3c(-c4ccc(O)cc4O)nc4cccnc43)cc2)CC1. The van der Waals surface area contributed by atoms with Crippen LogP contribution < -0.4 is 4.90 Å². The Balaban J connectivity index is 1.60. The summed E-state index contributed by atoms with van der Waals surface area (Å²) in [6.45, 7) is 4.14. The van der Waals surface area contributed by atoms with Gasteiger partial charge in [-0.3, -0.25) is 4.57 Å². The van der Waals surface area contributed by atoms with Crippen molar-refractivity contribution in [1.82, 2.24) is 19.4 Å². The zero-order valence-electron chi connectivity index (χ0n) is 16.7. The molecule has 0 saturated carbocycles. The normalized spacial score (nSPS) is 15.0. The molecule has 2 aromatic heterocycles. The minimum absolute atomic E-state index is 0.00793. The van der Waals surface area contributed by atoms with E-state index in [-0.39, 0.29) is 11.5 Å². The number of phenols is 2. The van der Waals surface area contributed by atoms with Crippen molar-refractivity contribution in [3.8, 4) is 28.6 Å². The van der Waals surface area contributed by atoms with Crippen LogP contribution >= 0.6 is 0 Å². The second kappa shape index (κ2) is 7.35. The number of hydrogen-bond donors (Lipinski definition) is 2. The minimum Gasteiger partial charge on any atom is -0.508 e. The van der Waals surface area contributed by atoms with Crippen LogP contribution in [-0.4, -0.2) is 62.9 Å². The Hall–Kier alpha value is -3.58. The van der Waals surface area contributed by atoms with Crippen LogP contribution in [-0.2, 0) is 0 Å². The third-order valence-corrected chi connectivity index (χ3v) is 5.61. The van der Waals surface area contributed by atoms with Gasteiger partial charge in [-0.05, 0) is 55.6 Å². The fourth-order valence-electron chi connectivity index (χ4n) is 3.92. The Morgan fingerprint density at radius 1 is 0.867 bits per heavy atom. The van der Waals surface area contributed by atoms with Crippen molar-refractivity contribution < 1.29 is 10.2 Å². The largest absolute Gasteiger partial charge is 0.508 e. The summed E-state index contributed by atoms with van der Waals surface area (Å²) in [7, 11) is 2.15. The van der Waals surface area contributed by atoms with Gasteiger partial charge in [0.1, 0.15) is 17.0 Å². The van der Waals surface area contributed by atoms with E-state index >= 15 is 0 Å². The Morgan fingerprint density at radius 2 is 1.60 bits per heavy atom. The number of aromatic nitrogens is 3. The van der Waals surface area contributed by atoms with Gasteiger partial charge in [-0.2, -0.15) is 0 Å². The standard InChI is InChI=1S/C23H23N5O2/c1-26-11-13-27(14-12-26)16-4-6-17(7-5-16)28-22(19-9-8-18(29)15-21(19)30)25-20-3-2-10-24-23(20)28/h2-10,15,29-30H,11-14H2,1H3. The molecular formula is C23H23N5O2. The molecule has 0 radical (unpaired) electrons. The molecule has 7 heteroatoms. The number of pyridine rings is 1. The molecule has 0 atom stereocenters. The van der Waals surface area contributed by atoms with Crippen LogP contribution in [0, 0.1) is 0 Å². The summed E-state index contributed by atoms with van der Waals surface area (Å²) >= 11 is 0. The van der Waals surface area contributed by atoms with Crippen LogP contribution in [0.1, 0.15) is 0 Å². The van der Waals surface area contributed by atoms with E-state index in [0.29, 0.717) is 17.0 Å². The number of phenolic OH excluding ortho intramolecular Hbond substituents is 2. The predicted octanol–water partition coefficient (Wildman–Crippen LogP) is 3.25. The quantitative estimate of drug-likeness (QED) is 0.549. The van der Waals surface area contributed by atoms with E-state index in [4.69, 9.17) is 4.98 Å². The van der Waals surface area contributed by atoms with E-state index in [1.807, 2.05) is 16.7 Å². The molecule has 1 aliphatic rings. The van der Waals surface area contributed by atoms with Crippen molar-refractivity contribution in [3.05, 3.63) is 60.8 Å². The molecule has 152 valence electrons. The fourth-order valence-corrected chi connectivity index (χ4v) is 3.92. The monoisotopic (exact) mass is 401 g/mol. The van der Waals surface area contributed by atoms with Crippen molar-refractivity contribution in [2.45, 2.75) is 0 Å². The highest BCUT2D eigenvalue weighted by Gasteiger charge is 2.19. The lowest BCUT2D eigenvalue weighted by atomic mass is 10.1. The Bertz CT molecular complexity index is 1190. The smallest absolute Gasteiger partial charge is 0.164 e. The average molecular weight is 401 g/mol. The molecule has 1 fully saturated rings. The molecule has 4 aromatic rings. The minimum atomic E-state index is -0.0272. The number of piperazine rings is 1. The number of rotatable bonds is 3. The second-order valence-electron chi connectivity index (χ2n) is 7.63. The molecule has 1 aliphatic heterocycles. The average Bonchev–Trinajstić information content (AvgIpc) is 3.13. The maximum atomic E-state index is 10.4. The van der Waals surface area contributed by atoms with Crippen LogP contribution in [0.15, 0.2) is 60.8 Å². The number of benzene rings is 2. The van der Waals surface area contributed by atoms with Gasteiger partial charge in [0.25, 0.3) is 0 Å². The maximum absolute atomic E-state index is 10.4. The van der Waals surface area contributed by atoms with Crippen LogP contribution in [0.5, 0.6) is 11.5 Å². The third-order valence-electron chi connectivity index (χ3n) is 5.61. The van der Waals surface area contributed by atoms with Gasteiger partial charge in [0.2, 0.25) is 0 Å². The van der Waals surface area contributed by atoms with Crippen molar-refractivity contribution >= 4 is 16.9 Å². The molecule has 5 rings (SSSR count). The summed E-state index contributed by atoms with van der Waals surface area (Å²) in [6.07, 6.45) is 1.74. The number of imidazole rings is 1. The highest BCUT2D eigenvalue weighted by Crippen LogP contribution is 2.35. The van der Waals surface area contributed by atoms with Crippen molar-refractivity contribution in [2.75, 3.05) is 38.1 Å². The lowest BCUT2D eigenvalue weighted by molar-refractivity contribution is 0.313. The summed E-state index contributed by atoms with van der Waals surface area (Å²) in [5, 5.41) is 20.1. The zero-order chi connectivity index (χ0) is 20.7. The van der Waals surface area contributed by atoms with E-state index in [9.17, 15) is 10.2 Å². The number of nitrogens with zero attached hydrogens (tertiary/aromatic N) is 5. The zero-order valence-corrected chi connectivity index (χ0v) is 16.7. The Kier molecular flexibility index (Phi) is 4.52. The van der Waals surface area contributed by atoms with Crippen LogP contribution in [0.2, 0.25) is 0 Å². The summed E-state index contributed by atoms with van der Waals surface area (Å²) in [6, 6.07) is 16.6. The summed E-state index contributed by atoms with van der Waals surface area (Å²) in [5.41, 5.74) is 4.10. The molecule has 1 saturated heterocycles. The summed E-state index contributed by atoms with van der Waals surface area (Å²) in [4.78, 5) is 14.0. The van der Waals surface area contributed by atoms with Crippen LogP contribution in [0.3, 0.4) is 0 Å². The van der Waals surface area contributed by atoms with E-state index in [1.165, 1.54) is 11.8 Å². The molecule has 2 aromatic carbocycles. The molecule has 2 N–H and O–H groups in total.